The van der Waals surface area contributed by atoms with E-state index in [0.717, 1.165) is 36.4 Å². The first-order chi connectivity index (χ1) is 11.9. The molecule has 1 N–H and O–H groups in total. The van der Waals surface area contributed by atoms with Crippen molar-refractivity contribution in [2.75, 3.05) is 7.05 Å². The van der Waals surface area contributed by atoms with Crippen LogP contribution < -0.4 is 5.32 Å². The van der Waals surface area contributed by atoms with E-state index in [2.05, 4.69) is 9.71 Å². The Bertz CT molecular complexity index is 825. The van der Waals surface area contributed by atoms with Crippen molar-refractivity contribution in [3.63, 3.8) is 0 Å². The zero-order valence-corrected chi connectivity index (χ0v) is 14.7. The highest BCUT2D eigenvalue weighted by molar-refractivity contribution is 7.88. The van der Waals surface area contributed by atoms with Crippen LogP contribution in [0, 0.1) is 5.82 Å². The van der Waals surface area contributed by atoms with Crippen molar-refractivity contribution in [1.82, 2.24) is 9.62 Å². The number of hydrogen-bond donors (Lipinski definition) is 1. The molecule has 6 nitrogen and oxygen atoms in total. The smallest absolute Gasteiger partial charge is 0.345 e. The van der Waals surface area contributed by atoms with Crippen molar-refractivity contribution in [3.05, 3.63) is 47.4 Å². The average Bonchev–Trinajstić information content (AvgIpc) is 2.58. The maximum atomic E-state index is 13.1. The summed E-state index contributed by atoms with van der Waals surface area (Å²) < 4.78 is 42.2. The summed E-state index contributed by atoms with van der Waals surface area (Å²) in [6.07, 6.45) is 6.49. The third kappa shape index (κ3) is 3.89. The fourth-order valence-electron chi connectivity index (χ4n) is 3.03. The molecule has 1 amide bonds. The van der Waals surface area contributed by atoms with Gasteiger partial charge in [0, 0.05) is 18.7 Å². The minimum Gasteiger partial charge on any atom is -0.348 e. The van der Waals surface area contributed by atoms with Gasteiger partial charge in [0.25, 0.3) is 5.91 Å². The molecule has 0 radical (unpaired) electrons. The summed E-state index contributed by atoms with van der Waals surface area (Å²) in [4.78, 5) is 12.6. The van der Waals surface area contributed by atoms with Crippen LogP contribution in [0.5, 0.6) is 0 Å². The number of amides is 1. The Morgan fingerprint density at radius 2 is 1.84 bits per heavy atom. The van der Waals surface area contributed by atoms with E-state index in [-0.39, 0.29) is 17.5 Å². The summed E-state index contributed by atoms with van der Waals surface area (Å²) in [5.74, 6) is -0.869. The second kappa shape index (κ2) is 6.95. The fraction of sp³-hybridized carbons (Fsp3) is 0.412. The van der Waals surface area contributed by atoms with Crippen LogP contribution >= 0.6 is 0 Å². The Balaban J connectivity index is 1.89. The number of nitrogens with zero attached hydrogens (tertiary/aromatic N) is 2. The van der Waals surface area contributed by atoms with Gasteiger partial charge in [-0.15, -0.1) is 4.40 Å². The molecule has 1 aliphatic carbocycles. The molecule has 0 atom stereocenters. The van der Waals surface area contributed by atoms with Crippen molar-refractivity contribution >= 4 is 21.8 Å². The van der Waals surface area contributed by atoms with Gasteiger partial charge in [0.15, 0.2) is 0 Å². The van der Waals surface area contributed by atoms with Crippen molar-refractivity contribution in [1.29, 1.82) is 0 Å². The lowest BCUT2D eigenvalue weighted by molar-refractivity contribution is -0.119. The molecule has 1 aromatic carbocycles. The van der Waals surface area contributed by atoms with E-state index in [1.165, 1.54) is 37.4 Å². The largest absolute Gasteiger partial charge is 0.348 e. The maximum Gasteiger partial charge on any atom is 0.345 e. The minimum absolute atomic E-state index is 0.0138. The topological polar surface area (TPSA) is 78.8 Å². The standard InChI is InChI=1S/C17H20FN3O3S/c1-21-16(17(22)19-14-5-3-2-4-6-14)11-15(20-25(21,23)24)12-7-9-13(18)10-8-12/h7-11,14H,2-6H2,1H3,(H,19,22). The van der Waals surface area contributed by atoms with E-state index in [9.17, 15) is 17.6 Å². The van der Waals surface area contributed by atoms with Gasteiger partial charge < -0.3 is 5.32 Å². The van der Waals surface area contributed by atoms with Crippen LogP contribution in [0.2, 0.25) is 0 Å². The van der Waals surface area contributed by atoms with Gasteiger partial charge in [0.1, 0.15) is 11.5 Å². The van der Waals surface area contributed by atoms with E-state index in [0.29, 0.717) is 5.56 Å². The number of hydrogen-bond acceptors (Lipinski definition) is 3. The molecule has 0 saturated heterocycles. The zero-order chi connectivity index (χ0) is 18.0. The predicted molar refractivity (Wildman–Crippen MR) is 92.7 cm³/mol. The summed E-state index contributed by atoms with van der Waals surface area (Å²) in [5.41, 5.74) is 0.563. The second-order valence-electron chi connectivity index (χ2n) is 6.27. The second-order valence-corrected chi connectivity index (χ2v) is 7.89. The number of carbonyl (C=O) groups excluding carboxylic acids is 1. The minimum atomic E-state index is -4.01. The highest BCUT2D eigenvalue weighted by Crippen LogP contribution is 2.22. The van der Waals surface area contributed by atoms with Gasteiger partial charge in [-0.2, -0.15) is 8.42 Å². The lowest BCUT2D eigenvalue weighted by Gasteiger charge is -2.27. The Morgan fingerprint density at radius 1 is 1.20 bits per heavy atom. The molecule has 0 unspecified atom stereocenters. The summed E-state index contributed by atoms with van der Waals surface area (Å²) in [7, 11) is -2.71. The molecule has 8 heteroatoms. The Kier molecular flexibility index (Phi) is 4.89. The third-order valence-electron chi connectivity index (χ3n) is 4.49. The van der Waals surface area contributed by atoms with Gasteiger partial charge >= 0.3 is 10.2 Å². The van der Waals surface area contributed by atoms with E-state index in [1.807, 2.05) is 0 Å². The third-order valence-corrected chi connectivity index (χ3v) is 5.80. The predicted octanol–water partition coefficient (Wildman–Crippen LogP) is 2.14. The van der Waals surface area contributed by atoms with Crippen molar-refractivity contribution < 1.29 is 17.6 Å². The molecule has 134 valence electrons. The van der Waals surface area contributed by atoms with Crippen LogP contribution in [-0.2, 0) is 15.0 Å². The van der Waals surface area contributed by atoms with Gasteiger partial charge in [-0.3, -0.25) is 4.79 Å². The van der Waals surface area contributed by atoms with Crippen LogP contribution in [0.4, 0.5) is 4.39 Å². The van der Waals surface area contributed by atoms with Crippen molar-refractivity contribution in [2.45, 2.75) is 38.1 Å². The summed E-state index contributed by atoms with van der Waals surface area (Å²) in [6.45, 7) is 0. The van der Waals surface area contributed by atoms with E-state index in [4.69, 9.17) is 0 Å². The molecule has 1 aliphatic heterocycles. The fourth-order valence-corrected chi connectivity index (χ4v) is 3.94. The van der Waals surface area contributed by atoms with Gasteiger partial charge in [-0.05, 0) is 43.2 Å². The lowest BCUT2D eigenvalue weighted by atomic mass is 9.95. The number of nitrogens with one attached hydrogen (secondary N) is 1. The lowest BCUT2D eigenvalue weighted by Crippen LogP contribution is -2.43. The number of allylic oxidation sites excluding steroid dienone is 1. The van der Waals surface area contributed by atoms with Crippen molar-refractivity contribution in [3.8, 4) is 0 Å². The Hall–Kier alpha value is -2.22. The quantitative estimate of drug-likeness (QED) is 0.891. The number of benzene rings is 1. The normalized spacial score (nSPS) is 20.6. The molecule has 1 aromatic rings. The summed E-state index contributed by atoms with van der Waals surface area (Å²) >= 11 is 0. The molecule has 25 heavy (non-hydrogen) atoms. The average molecular weight is 365 g/mol. The molecule has 1 fully saturated rings. The van der Waals surface area contributed by atoms with Crippen LogP contribution in [-0.4, -0.2) is 37.4 Å². The summed E-state index contributed by atoms with van der Waals surface area (Å²) in [6, 6.07) is 5.37. The van der Waals surface area contributed by atoms with Crippen LogP contribution in [0.25, 0.3) is 0 Å². The van der Waals surface area contributed by atoms with Crippen LogP contribution in [0.15, 0.2) is 40.4 Å². The van der Waals surface area contributed by atoms with Gasteiger partial charge in [0.05, 0.1) is 5.71 Å². The van der Waals surface area contributed by atoms with Crippen LogP contribution in [0.1, 0.15) is 37.7 Å². The Labute approximate surface area is 146 Å². The number of rotatable bonds is 3. The molecule has 0 bridgehead atoms. The zero-order valence-electron chi connectivity index (χ0n) is 13.9. The van der Waals surface area contributed by atoms with E-state index >= 15 is 0 Å². The molecule has 0 spiro atoms. The van der Waals surface area contributed by atoms with Gasteiger partial charge in [0.2, 0.25) is 0 Å². The molecule has 2 aliphatic rings. The van der Waals surface area contributed by atoms with E-state index in [1.54, 1.807) is 0 Å². The first-order valence-electron chi connectivity index (χ1n) is 8.24. The number of carbonyl (C=O) groups is 1. The summed E-state index contributed by atoms with van der Waals surface area (Å²) in [5, 5.41) is 2.91. The highest BCUT2D eigenvalue weighted by atomic mass is 32.2. The molecular formula is C17H20FN3O3S. The van der Waals surface area contributed by atoms with Crippen LogP contribution in [0.3, 0.4) is 0 Å². The SMILES string of the molecule is CN1C(C(=O)NC2CCCCC2)=CC(c2ccc(F)cc2)=NS1(=O)=O. The Morgan fingerprint density at radius 3 is 2.48 bits per heavy atom. The number of likely N-dealkylation sites (N-methyl/N-ethyl adjacent to an activating group) is 1. The van der Waals surface area contributed by atoms with Gasteiger partial charge in [-0.25, -0.2) is 8.70 Å². The van der Waals surface area contributed by atoms with E-state index < -0.39 is 21.9 Å². The first-order valence-corrected chi connectivity index (χ1v) is 9.64. The number of halogens is 1. The molecule has 0 aromatic heterocycles. The molecule has 1 heterocycles. The first kappa shape index (κ1) is 17.6. The van der Waals surface area contributed by atoms with Crippen molar-refractivity contribution in [2.24, 2.45) is 4.40 Å². The van der Waals surface area contributed by atoms with Gasteiger partial charge in [-0.1, -0.05) is 19.3 Å². The molecule has 1 saturated carbocycles. The molecule has 3 rings (SSSR count). The highest BCUT2D eigenvalue weighted by Gasteiger charge is 2.31. The maximum absolute atomic E-state index is 13.1. The monoisotopic (exact) mass is 365 g/mol. The molecular weight excluding hydrogens is 345 g/mol.